The standard InChI is InChI=1S/C25H28N2O2/c1-26-15-18-14-19(29-2)12-13-20(18)25-24(17-8-4-3-5-9-17)21-10-6-7-11-22(21)27(25)16-23(26)28/h6-7,10-14,17H,3-5,8-9,15-16H2,1-2H3. The minimum absolute atomic E-state index is 0.149. The Balaban J connectivity index is 1.84. The molecule has 2 heterocycles. The van der Waals surface area contributed by atoms with Gasteiger partial charge in [-0.1, -0.05) is 37.5 Å². The lowest BCUT2D eigenvalue weighted by molar-refractivity contribution is -0.131. The number of carbonyl (C=O) groups is 1. The van der Waals surface area contributed by atoms with Crippen molar-refractivity contribution in [3.8, 4) is 17.0 Å². The number of methoxy groups -OCH3 is 1. The number of hydrogen-bond acceptors (Lipinski definition) is 2. The summed E-state index contributed by atoms with van der Waals surface area (Å²) in [5, 5.41) is 1.31. The predicted octanol–water partition coefficient (Wildman–Crippen LogP) is 5.34. The fourth-order valence-corrected chi connectivity index (χ4v) is 5.25. The highest BCUT2D eigenvalue weighted by Gasteiger charge is 2.30. The molecule has 1 aromatic heterocycles. The quantitative estimate of drug-likeness (QED) is 0.594. The van der Waals surface area contributed by atoms with Crippen molar-refractivity contribution in [2.24, 2.45) is 0 Å². The smallest absolute Gasteiger partial charge is 0.242 e. The molecule has 1 aliphatic heterocycles. The van der Waals surface area contributed by atoms with E-state index in [1.54, 1.807) is 7.11 Å². The molecule has 3 aromatic rings. The van der Waals surface area contributed by atoms with Gasteiger partial charge in [0.25, 0.3) is 0 Å². The highest BCUT2D eigenvalue weighted by atomic mass is 16.5. The normalized spacial score (nSPS) is 17.6. The number of hydrogen-bond donors (Lipinski definition) is 0. The summed E-state index contributed by atoms with van der Waals surface area (Å²) < 4.78 is 7.76. The Morgan fingerprint density at radius 2 is 1.79 bits per heavy atom. The van der Waals surface area contributed by atoms with E-state index in [2.05, 4.69) is 47.0 Å². The monoisotopic (exact) mass is 388 g/mol. The third-order valence-corrected chi connectivity index (χ3v) is 6.72. The first-order valence-corrected chi connectivity index (χ1v) is 10.7. The molecular formula is C25H28N2O2. The highest BCUT2D eigenvalue weighted by molar-refractivity contribution is 5.95. The fourth-order valence-electron chi connectivity index (χ4n) is 5.25. The van der Waals surface area contributed by atoms with Crippen LogP contribution in [0, 0.1) is 0 Å². The van der Waals surface area contributed by atoms with Gasteiger partial charge in [-0.3, -0.25) is 4.79 Å². The maximum Gasteiger partial charge on any atom is 0.242 e. The van der Waals surface area contributed by atoms with E-state index in [9.17, 15) is 4.79 Å². The van der Waals surface area contributed by atoms with Gasteiger partial charge in [-0.2, -0.15) is 0 Å². The van der Waals surface area contributed by atoms with Crippen LogP contribution >= 0.6 is 0 Å². The van der Waals surface area contributed by atoms with Crippen LogP contribution in [0.25, 0.3) is 22.2 Å². The van der Waals surface area contributed by atoms with E-state index in [1.165, 1.54) is 59.8 Å². The van der Waals surface area contributed by atoms with Gasteiger partial charge in [-0.15, -0.1) is 0 Å². The number of carbonyl (C=O) groups excluding carboxylic acids is 1. The molecule has 0 bridgehead atoms. The van der Waals surface area contributed by atoms with E-state index in [-0.39, 0.29) is 5.91 Å². The molecule has 2 aliphatic rings. The number of likely N-dealkylation sites (N-methyl/N-ethyl adjacent to an activating group) is 1. The molecule has 0 atom stereocenters. The van der Waals surface area contributed by atoms with Crippen LogP contribution in [-0.2, 0) is 17.9 Å². The van der Waals surface area contributed by atoms with Crippen molar-refractivity contribution in [3.05, 3.63) is 53.6 Å². The maximum atomic E-state index is 13.0. The summed E-state index contributed by atoms with van der Waals surface area (Å²) >= 11 is 0. The van der Waals surface area contributed by atoms with Crippen molar-refractivity contribution in [2.45, 2.75) is 51.1 Å². The van der Waals surface area contributed by atoms with Crippen molar-refractivity contribution in [1.82, 2.24) is 9.47 Å². The van der Waals surface area contributed by atoms with Gasteiger partial charge in [0.15, 0.2) is 0 Å². The summed E-state index contributed by atoms with van der Waals surface area (Å²) in [5.41, 5.74) is 6.26. The largest absolute Gasteiger partial charge is 0.497 e. The minimum Gasteiger partial charge on any atom is -0.497 e. The second-order valence-electron chi connectivity index (χ2n) is 8.47. The minimum atomic E-state index is 0.149. The number of aromatic nitrogens is 1. The van der Waals surface area contributed by atoms with E-state index in [4.69, 9.17) is 4.74 Å². The average Bonchev–Trinajstić information content (AvgIpc) is 3.07. The molecule has 1 amide bonds. The van der Waals surface area contributed by atoms with Crippen LogP contribution in [0.5, 0.6) is 5.75 Å². The Hall–Kier alpha value is -2.75. The third kappa shape index (κ3) is 3.02. The Labute approximate surface area is 172 Å². The highest BCUT2D eigenvalue weighted by Crippen LogP contribution is 2.45. The molecule has 1 fully saturated rings. The Morgan fingerprint density at radius 1 is 1.00 bits per heavy atom. The third-order valence-electron chi connectivity index (χ3n) is 6.72. The van der Waals surface area contributed by atoms with Crippen LogP contribution in [0.4, 0.5) is 0 Å². The van der Waals surface area contributed by atoms with Crippen LogP contribution in [-0.4, -0.2) is 29.5 Å². The second kappa shape index (κ2) is 7.25. The van der Waals surface area contributed by atoms with Crippen molar-refractivity contribution < 1.29 is 9.53 Å². The van der Waals surface area contributed by atoms with E-state index >= 15 is 0 Å². The summed E-state index contributed by atoms with van der Waals surface area (Å²) in [6.07, 6.45) is 6.39. The van der Waals surface area contributed by atoms with E-state index in [1.807, 2.05) is 11.9 Å². The summed E-state index contributed by atoms with van der Waals surface area (Å²) in [6, 6.07) is 15.0. The van der Waals surface area contributed by atoms with Gasteiger partial charge in [-0.25, -0.2) is 0 Å². The topological polar surface area (TPSA) is 34.5 Å². The number of ether oxygens (including phenoxy) is 1. The molecule has 0 spiro atoms. The SMILES string of the molecule is COc1ccc2c(c1)CN(C)C(=O)Cn1c-2c(C2CCCCC2)c2ccccc21. The summed E-state index contributed by atoms with van der Waals surface area (Å²) in [5.74, 6) is 1.55. The van der Waals surface area contributed by atoms with E-state index < -0.39 is 0 Å². The molecule has 1 saturated carbocycles. The van der Waals surface area contributed by atoms with Crippen LogP contribution in [0.15, 0.2) is 42.5 Å². The molecule has 4 nitrogen and oxygen atoms in total. The number of fused-ring (bicyclic) bond motifs is 5. The molecule has 0 unspecified atom stereocenters. The van der Waals surface area contributed by atoms with Gasteiger partial charge in [0.2, 0.25) is 5.91 Å². The second-order valence-corrected chi connectivity index (χ2v) is 8.47. The van der Waals surface area contributed by atoms with Gasteiger partial charge in [-0.05, 0) is 54.2 Å². The van der Waals surface area contributed by atoms with E-state index in [0.29, 0.717) is 19.0 Å². The lowest BCUT2D eigenvalue weighted by atomic mass is 9.81. The molecular weight excluding hydrogens is 360 g/mol. The zero-order chi connectivity index (χ0) is 20.0. The lowest BCUT2D eigenvalue weighted by Gasteiger charge is -2.28. The zero-order valence-corrected chi connectivity index (χ0v) is 17.3. The van der Waals surface area contributed by atoms with E-state index in [0.717, 1.165) is 11.3 Å². The maximum absolute atomic E-state index is 13.0. The number of para-hydroxylation sites is 1. The predicted molar refractivity (Wildman–Crippen MR) is 116 cm³/mol. The first kappa shape index (κ1) is 18.3. The zero-order valence-electron chi connectivity index (χ0n) is 17.3. The first-order valence-electron chi connectivity index (χ1n) is 10.7. The number of nitrogens with zero attached hydrogens (tertiary/aromatic N) is 2. The van der Waals surface area contributed by atoms with Gasteiger partial charge < -0.3 is 14.2 Å². The number of amides is 1. The molecule has 5 rings (SSSR count). The molecule has 150 valence electrons. The Morgan fingerprint density at radius 3 is 2.59 bits per heavy atom. The van der Waals surface area contributed by atoms with Gasteiger partial charge in [0.1, 0.15) is 12.3 Å². The summed E-state index contributed by atoms with van der Waals surface area (Å²) in [6.45, 7) is 1.00. The average molecular weight is 389 g/mol. The van der Waals surface area contributed by atoms with Crippen molar-refractivity contribution in [2.75, 3.05) is 14.2 Å². The molecule has 4 heteroatoms. The lowest BCUT2D eigenvalue weighted by Crippen LogP contribution is -2.32. The van der Waals surface area contributed by atoms with Crippen molar-refractivity contribution in [1.29, 1.82) is 0 Å². The van der Waals surface area contributed by atoms with Crippen molar-refractivity contribution >= 4 is 16.8 Å². The van der Waals surface area contributed by atoms with Crippen molar-refractivity contribution in [3.63, 3.8) is 0 Å². The summed E-state index contributed by atoms with van der Waals surface area (Å²) in [4.78, 5) is 14.8. The van der Waals surface area contributed by atoms with Gasteiger partial charge in [0, 0.05) is 30.1 Å². The molecule has 0 radical (unpaired) electrons. The molecule has 0 N–H and O–H groups in total. The van der Waals surface area contributed by atoms with Crippen LogP contribution < -0.4 is 4.74 Å². The Bertz CT molecular complexity index is 1080. The molecule has 2 aromatic carbocycles. The first-order chi connectivity index (χ1) is 14.2. The summed E-state index contributed by atoms with van der Waals surface area (Å²) in [7, 11) is 3.59. The Kier molecular flexibility index (Phi) is 4.57. The number of rotatable bonds is 2. The van der Waals surface area contributed by atoms with Gasteiger partial charge >= 0.3 is 0 Å². The van der Waals surface area contributed by atoms with Gasteiger partial charge in [0.05, 0.1) is 12.8 Å². The number of benzene rings is 2. The fraction of sp³-hybridized carbons (Fsp3) is 0.400. The molecule has 1 aliphatic carbocycles. The molecule has 0 saturated heterocycles. The van der Waals surface area contributed by atoms with Crippen LogP contribution in [0.3, 0.4) is 0 Å². The van der Waals surface area contributed by atoms with Crippen LogP contribution in [0.2, 0.25) is 0 Å². The van der Waals surface area contributed by atoms with Crippen LogP contribution in [0.1, 0.15) is 49.1 Å². The molecule has 29 heavy (non-hydrogen) atoms.